The Hall–Kier alpha value is -1.22. The lowest BCUT2D eigenvalue weighted by Crippen LogP contribution is -2.13. The van der Waals surface area contributed by atoms with Crippen molar-refractivity contribution < 1.29 is 4.74 Å². The van der Waals surface area contributed by atoms with Gasteiger partial charge >= 0.3 is 0 Å². The highest BCUT2D eigenvalue weighted by Crippen LogP contribution is 2.27. The maximum Gasteiger partial charge on any atom is 0.282 e. The maximum absolute atomic E-state index is 5.98. The number of hydrogen-bond donors (Lipinski definition) is 1. The number of benzene rings is 1. The molecule has 4 heteroatoms. The molecule has 0 amide bonds. The summed E-state index contributed by atoms with van der Waals surface area (Å²) in [6.07, 6.45) is -0.117. The van der Waals surface area contributed by atoms with Crippen molar-refractivity contribution in [1.29, 1.82) is 0 Å². The molecule has 2 rings (SSSR count). The summed E-state index contributed by atoms with van der Waals surface area (Å²) in [4.78, 5) is 3.95. The Morgan fingerprint density at radius 1 is 1.46 bits per heavy atom. The number of hydrogen-bond acceptors (Lipinski definition) is 3. The van der Waals surface area contributed by atoms with Crippen LogP contribution in [0.5, 0.6) is 0 Å². The zero-order chi connectivity index (χ0) is 9.26. The molecule has 1 aliphatic heterocycles. The molecule has 3 nitrogen and oxygen atoms in total. The van der Waals surface area contributed by atoms with Gasteiger partial charge in [-0.05, 0) is 6.07 Å². The van der Waals surface area contributed by atoms with Crippen molar-refractivity contribution in [2.24, 2.45) is 10.7 Å². The van der Waals surface area contributed by atoms with Gasteiger partial charge in [0.15, 0.2) is 0 Å². The molecule has 1 atom stereocenters. The molecule has 1 aliphatic rings. The second-order valence-corrected chi connectivity index (χ2v) is 3.21. The van der Waals surface area contributed by atoms with Crippen LogP contribution < -0.4 is 5.73 Å². The lowest BCUT2D eigenvalue weighted by Gasteiger charge is -2.11. The van der Waals surface area contributed by atoms with E-state index in [1.807, 2.05) is 24.3 Å². The van der Waals surface area contributed by atoms with Gasteiger partial charge in [0.25, 0.3) is 6.02 Å². The van der Waals surface area contributed by atoms with E-state index in [4.69, 9.17) is 22.1 Å². The Morgan fingerprint density at radius 3 is 2.85 bits per heavy atom. The molecule has 0 aromatic heterocycles. The minimum Gasteiger partial charge on any atom is -0.455 e. The summed E-state index contributed by atoms with van der Waals surface area (Å²) < 4.78 is 5.27. The molecule has 1 aromatic rings. The molecule has 0 saturated heterocycles. The zero-order valence-corrected chi connectivity index (χ0v) is 7.66. The summed E-state index contributed by atoms with van der Waals surface area (Å²) >= 11 is 5.98. The van der Waals surface area contributed by atoms with Crippen LogP contribution in [0.2, 0.25) is 5.02 Å². The first-order chi connectivity index (χ1) is 6.27. The van der Waals surface area contributed by atoms with Gasteiger partial charge in [0.05, 0.1) is 6.54 Å². The van der Waals surface area contributed by atoms with Gasteiger partial charge in [-0.15, -0.1) is 0 Å². The second-order valence-electron chi connectivity index (χ2n) is 2.81. The highest BCUT2D eigenvalue weighted by Gasteiger charge is 2.21. The summed E-state index contributed by atoms with van der Waals surface area (Å²) in [5, 5.41) is 0.692. The van der Waals surface area contributed by atoms with Crippen LogP contribution in [0.3, 0.4) is 0 Å². The molecule has 0 bridgehead atoms. The number of ether oxygens (including phenoxy) is 1. The third kappa shape index (κ3) is 1.60. The second kappa shape index (κ2) is 3.26. The molecule has 1 heterocycles. The van der Waals surface area contributed by atoms with Crippen LogP contribution in [-0.2, 0) is 4.74 Å². The van der Waals surface area contributed by atoms with Gasteiger partial charge < -0.3 is 10.5 Å². The number of amidine groups is 1. The minimum atomic E-state index is -0.117. The Labute approximate surface area is 81.2 Å². The van der Waals surface area contributed by atoms with Crippen molar-refractivity contribution in [2.75, 3.05) is 6.54 Å². The lowest BCUT2D eigenvalue weighted by molar-refractivity contribution is 0.226. The smallest absolute Gasteiger partial charge is 0.282 e. The van der Waals surface area contributed by atoms with Crippen molar-refractivity contribution >= 4 is 17.6 Å². The average Bonchev–Trinajstić information content (AvgIpc) is 2.53. The van der Waals surface area contributed by atoms with Gasteiger partial charge in [0, 0.05) is 10.6 Å². The first kappa shape index (κ1) is 8.38. The van der Waals surface area contributed by atoms with E-state index in [1.165, 1.54) is 0 Å². The molecule has 2 N–H and O–H groups in total. The lowest BCUT2D eigenvalue weighted by atomic mass is 10.1. The molecule has 0 aliphatic carbocycles. The van der Waals surface area contributed by atoms with Gasteiger partial charge in [-0.2, -0.15) is 0 Å². The molecule has 0 radical (unpaired) electrons. The topological polar surface area (TPSA) is 47.6 Å². The number of nitrogens with two attached hydrogens (primary N) is 1. The van der Waals surface area contributed by atoms with Gasteiger partial charge in [-0.3, -0.25) is 0 Å². The van der Waals surface area contributed by atoms with Crippen molar-refractivity contribution in [3.8, 4) is 0 Å². The fraction of sp³-hybridized carbons (Fsp3) is 0.222. The first-order valence-corrected chi connectivity index (χ1v) is 4.36. The quantitative estimate of drug-likeness (QED) is 0.744. The van der Waals surface area contributed by atoms with E-state index in [9.17, 15) is 0 Å². The number of halogens is 1. The minimum absolute atomic E-state index is 0.117. The summed E-state index contributed by atoms with van der Waals surface area (Å²) in [5.41, 5.74) is 6.34. The molecule has 0 saturated carbocycles. The maximum atomic E-state index is 5.98. The Kier molecular flexibility index (Phi) is 2.10. The molecule has 13 heavy (non-hydrogen) atoms. The summed E-state index contributed by atoms with van der Waals surface area (Å²) in [6, 6.07) is 7.78. The van der Waals surface area contributed by atoms with Crippen LogP contribution >= 0.6 is 11.6 Å². The van der Waals surface area contributed by atoms with E-state index in [-0.39, 0.29) is 12.1 Å². The van der Waals surface area contributed by atoms with Crippen LogP contribution in [0, 0.1) is 0 Å². The monoisotopic (exact) mass is 196 g/mol. The van der Waals surface area contributed by atoms with Gasteiger partial charge in [0.2, 0.25) is 0 Å². The van der Waals surface area contributed by atoms with Crippen molar-refractivity contribution in [1.82, 2.24) is 0 Å². The highest BCUT2D eigenvalue weighted by atomic mass is 35.5. The largest absolute Gasteiger partial charge is 0.455 e. The van der Waals surface area contributed by atoms with Crippen LogP contribution in [0.1, 0.15) is 11.7 Å². The van der Waals surface area contributed by atoms with E-state index < -0.39 is 0 Å². The Bertz CT molecular complexity index is 351. The van der Waals surface area contributed by atoms with E-state index in [0.717, 1.165) is 5.56 Å². The van der Waals surface area contributed by atoms with Crippen molar-refractivity contribution in [3.05, 3.63) is 34.9 Å². The van der Waals surface area contributed by atoms with E-state index >= 15 is 0 Å². The van der Waals surface area contributed by atoms with E-state index in [0.29, 0.717) is 11.6 Å². The van der Waals surface area contributed by atoms with E-state index in [2.05, 4.69) is 4.99 Å². The predicted molar refractivity (Wildman–Crippen MR) is 51.8 cm³/mol. The third-order valence-electron chi connectivity index (χ3n) is 1.93. The van der Waals surface area contributed by atoms with Crippen molar-refractivity contribution in [2.45, 2.75) is 6.10 Å². The third-order valence-corrected chi connectivity index (χ3v) is 2.27. The fourth-order valence-electron chi connectivity index (χ4n) is 1.29. The van der Waals surface area contributed by atoms with Crippen LogP contribution in [-0.4, -0.2) is 12.6 Å². The molecule has 0 spiro atoms. The molecule has 68 valence electrons. The van der Waals surface area contributed by atoms with E-state index in [1.54, 1.807) is 0 Å². The molecule has 1 aromatic carbocycles. The van der Waals surface area contributed by atoms with Gasteiger partial charge in [-0.25, -0.2) is 4.99 Å². The SMILES string of the molecule is NC1=NCC(c2ccccc2Cl)O1. The fourth-order valence-corrected chi connectivity index (χ4v) is 1.55. The van der Waals surface area contributed by atoms with Crippen LogP contribution in [0.4, 0.5) is 0 Å². The summed E-state index contributed by atoms with van der Waals surface area (Å²) in [5.74, 6) is 0. The zero-order valence-electron chi connectivity index (χ0n) is 6.90. The molecular formula is C9H9ClN2O. The number of aliphatic imine (C=N–C) groups is 1. The van der Waals surface area contributed by atoms with Crippen LogP contribution in [0.25, 0.3) is 0 Å². The summed E-state index contributed by atoms with van der Waals surface area (Å²) in [7, 11) is 0. The number of nitrogens with zero attached hydrogens (tertiary/aromatic N) is 1. The number of rotatable bonds is 1. The molecular weight excluding hydrogens is 188 g/mol. The van der Waals surface area contributed by atoms with Crippen LogP contribution in [0.15, 0.2) is 29.3 Å². The average molecular weight is 197 g/mol. The standard InChI is InChI=1S/C9H9ClN2O/c10-7-4-2-1-3-6(7)8-5-12-9(11)13-8/h1-4,8H,5H2,(H2,11,12). The predicted octanol–water partition coefficient (Wildman–Crippen LogP) is 1.73. The highest BCUT2D eigenvalue weighted by molar-refractivity contribution is 6.31. The summed E-state index contributed by atoms with van der Waals surface area (Å²) in [6.45, 7) is 0.551. The van der Waals surface area contributed by atoms with Gasteiger partial charge in [0.1, 0.15) is 6.10 Å². The Morgan fingerprint density at radius 2 is 2.23 bits per heavy atom. The molecule has 1 unspecified atom stereocenters. The molecule has 0 fully saturated rings. The normalized spacial score (nSPS) is 21.0. The first-order valence-electron chi connectivity index (χ1n) is 3.98. The van der Waals surface area contributed by atoms with Gasteiger partial charge in [-0.1, -0.05) is 29.8 Å². The van der Waals surface area contributed by atoms with Crippen molar-refractivity contribution in [3.63, 3.8) is 0 Å². The Balaban J connectivity index is 2.23.